The van der Waals surface area contributed by atoms with E-state index < -0.39 is 0 Å². The van der Waals surface area contributed by atoms with Gasteiger partial charge in [-0.2, -0.15) is 4.99 Å². The summed E-state index contributed by atoms with van der Waals surface area (Å²) < 4.78 is 0. The first-order valence-corrected chi connectivity index (χ1v) is 5.91. The molecule has 0 radical (unpaired) electrons. The Morgan fingerprint density at radius 3 is 2.88 bits per heavy atom. The maximum Gasteiger partial charge on any atom is 0.235 e. The van der Waals surface area contributed by atoms with Crippen LogP contribution in [0.15, 0.2) is 23.3 Å². The van der Waals surface area contributed by atoms with Crippen molar-refractivity contribution in [2.45, 2.75) is 25.3 Å². The lowest BCUT2D eigenvalue weighted by Crippen LogP contribution is -2.02. The van der Waals surface area contributed by atoms with Gasteiger partial charge in [0.05, 0.1) is 16.1 Å². The Labute approximate surface area is 104 Å². The van der Waals surface area contributed by atoms with Crippen molar-refractivity contribution in [3.63, 3.8) is 0 Å². The minimum Gasteiger partial charge on any atom is -0.360 e. The third-order valence-corrected chi connectivity index (χ3v) is 3.77. The third kappa shape index (κ3) is 1.51. The van der Waals surface area contributed by atoms with Gasteiger partial charge in [-0.05, 0) is 43.0 Å². The molecule has 1 heterocycles. The molecule has 0 unspecified atom stereocenters. The first kappa shape index (κ1) is 10.6. The van der Waals surface area contributed by atoms with Crippen LogP contribution in [0.3, 0.4) is 0 Å². The molecule has 1 aliphatic rings. The molecule has 0 spiro atoms. The Morgan fingerprint density at radius 2 is 2.24 bits per heavy atom. The summed E-state index contributed by atoms with van der Waals surface area (Å²) in [7, 11) is 0. The Kier molecular flexibility index (Phi) is 2.15. The molecule has 3 rings (SSSR count). The smallest absolute Gasteiger partial charge is 0.235 e. The number of aromatic nitrogens is 1. The van der Waals surface area contributed by atoms with E-state index in [1.165, 1.54) is 0 Å². The van der Waals surface area contributed by atoms with E-state index >= 15 is 0 Å². The lowest BCUT2D eigenvalue weighted by atomic mass is 10.0. The molecule has 0 atom stereocenters. The Hall–Kier alpha value is -1.57. The van der Waals surface area contributed by atoms with Crippen LogP contribution in [0.2, 0.25) is 5.02 Å². The number of hydrogen-bond donors (Lipinski definition) is 1. The number of nitrogens with zero attached hydrogens (tertiary/aromatic N) is 1. The number of benzene rings is 1. The molecule has 1 fully saturated rings. The van der Waals surface area contributed by atoms with Gasteiger partial charge in [0.25, 0.3) is 0 Å². The lowest BCUT2D eigenvalue weighted by Gasteiger charge is -2.09. The zero-order valence-electron chi connectivity index (χ0n) is 9.38. The minimum absolute atomic E-state index is 0.358. The van der Waals surface area contributed by atoms with Crippen LogP contribution in [-0.4, -0.2) is 11.1 Å². The monoisotopic (exact) mass is 246 g/mol. The van der Waals surface area contributed by atoms with Crippen molar-refractivity contribution < 1.29 is 4.79 Å². The van der Waals surface area contributed by atoms with Crippen LogP contribution in [0.5, 0.6) is 0 Å². The molecule has 1 N–H and O–H groups in total. The van der Waals surface area contributed by atoms with Gasteiger partial charge in [0, 0.05) is 11.6 Å². The molecule has 0 amide bonds. The number of carbonyl (C=O) groups excluding carboxylic acids is 1. The third-order valence-electron chi connectivity index (χ3n) is 3.47. The standard InChI is InChI=1S/C13H11ClN2O/c1-8-6-15-12-10(8)4-9(5-11(12)14)13(2-3-13)16-7-17/h4-6,15H,2-3H2,1H3. The van der Waals surface area contributed by atoms with Crippen molar-refractivity contribution in [3.8, 4) is 0 Å². The van der Waals surface area contributed by atoms with E-state index in [9.17, 15) is 4.79 Å². The molecule has 0 saturated heterocycles. The maximum atomic E-state index is 10.5. The molecule has 86 valence electrons. The minimum atomic E-state index is -0.358. The normalized spacial score (nSPS) is 16.8. The Bertz CT molecular complexity index is 649. The summed E-state index contributed by atoms with van der Waals surface area (Å²) in [5.41, 5.74) is 2.75. The number of halogens is 1. The second-order valence-corrected chi connectivity index (χ2v) is 4.99. The molecule has 1 aromatic heterocycles. The van der Waals surface area contributed by atoms with Gasteiger partial charge in [-0.25, -0.2) is 4.79 Å². The number of aliphatic imine (C=N–C) groups is 1. The number of aryl methyl sites for hydroxylation is 1. The molecule has 4 heteroatoms. The fraction of sp³-hybridized carbons (Fsp3) is 0.308. The zero-order chi connectivity index (χ0) is 12.0. The van der Waals surface area contributed by atoms with E-state index in [-0.39, 0.29) is 5.54 Å². The van der Waals surface area contributed by atoms with Gasteiger partial charge in [0.2, 0.25) is 6.08 Å². The van der Waals surface area contributed by atoms with E-state index in [2.05, 4.69) is 16.0 Å². The zero-order valence-corrected chi connectivity index (χ0v) is 10.1. The van der Waals surface area contributed by atoms with Crippen molar-refractivity contribution >= 4 is 28.6 Å². The molecule has 3 nitrogen and oxygen atoms in total. The highest BCUT2D eigenvalue weighted by Crippen LogP contribution is 2.50. The molecule has 2 aromatic rings. The van der Waals surface area contributed by atoms with Crippen LogP contribution in [-0.2, 0) is 10.3 Å². The number of aromatic amines is 1. The molecule has 17 heavy (non-hydrogen) atoms. The van der Waals surface area contributed by atoms with Gasteiger partial charge in [0.15, 0.2) is 0 Å². The van der Waals surface area contributed by atoms with Crippen molar-refractivity contribution in [2.75, 3.05) is 0 Å². The highest BCUT2D eigenvalue weighted by atomic mass is 35.5. The number of fused-ring (bicyclic) bond motifs is 1. The van der Waals surface area contributed by atoms with E-state index in [0.29, 0.717) is 5.02 Å². The summed E-state index contributed by atoms with van der Waals surface area (Å²) in [5, 5.41) is 1.78. The highest BCUT2D eigenvalue weighted by molar-refractivity contribution is 6.35. The Morgan fingerprint density at radius 1 is 1.47 bits per heavy atom. The maximum absolute atomic E-state index is 10.5. The highest BCUT2D eigenvalue weighted by Gasteiger charge is 2.45. The van der Waals surface area contributed by atoms with E-state index in [1.807, 2.05) is 19.2 Å². The average Bonchev–Trinajstić information content (AvgIpc) is 2.99. The quantitative estimate of drug-likeness (QED) is 0.640. The van der Waals surface area contributed by atoms with Gasteiger partial charge in [0.1, 0.15) is 0 Å². The fourth-order valence-electron chi connectivity index (χ4n) is 2.26. The van der Waals surface area contributed by atoms with Crippen LogP contribution in [0.1, 0.15) is 24.0 Å². The lowest BCUT2D eigenvalue weighted by molar-refractivity contribution is 0.556. The summed E-state index contributed by atoms with van der Waals surface area (Å²) in [6.07, 6.45) is 5.40. The summed E-state index contributed by atoms with van der Waals surface area (Å²) in [6.45, 7) is 2.03. The van der Waals surface area contributed by atoms with Crippen molar-refractivity contribution in [3.05, 3.63) is 34.5 Å². The van der Waals surface area contributed by atoms with Gasteiger partial charge >= 0.3 is 0 Å². The van der Waals surface area contributed by atoms with Gasteiger partial charge in [-0.15, -0.1) is 0 Å². The average molecular weight is 247 g/mol. The topological polar surface area (TPSA) is 45.2 Å². The van der Waals surface area contributed by atoms with Crippen molar-refractivity contribution in [1.29, 1.82) is 0 Å². The van der Waals surface area contributed by atoms with Crippen LogP contribution in [0, 0.1) is 6.92 Å². The molecule has 0 aliphatic heterocycles. The first-order chi connectivity index (χ1) is 8.16. The number of H-pyrrole nitrogens is 1. The van der Waals surface area contributed by atoms with Gasteiger partial charge < -0.3 is 4.98 Å². The number of nitrogens with one attached hydrogen (secondary N) is 1. The summed E-state index contributed by atoms with van der Waals surface area (Å²) in [4.78, 5) is 17.5. The summed E-state index contributed by atoms with van der Waals surface area (Å²) >= 11 is 6.24. The predicted octanol–water partition coefficient (Wildman–Crippen LogP) is 3.45. The van der Waals surface area contributed by atoms with E-state index in [0.717, 1.165) is 34.9 Å². The Balaban J connectivity index is 2.25. The van der Waals surface area contributed by atoms with Gasteiger partial charge in [-0.1, -0.05) is 11.6 Å². The second-order valence-electron chi connectivity index (χ2n) is 4.59. The molecular weight excluding hydrogens is 236 g/mol. The molecule has 1 saturated carbocycles. The molecular formula is C13H11ClN2O. The summed E-state index contributed by atoms with van der Waals surface area (Å²) in [5.74, 6) is 0. The molecule has 1 aromatic carbocycles. The van der Waals surface area contributed by atoms with Crippen molar-refractivity contribution in [2.24, 2.45) is 4.99 Å². The van der Waals surface area contributed by atoms with Crippen LogP contribution in [0.25, 0.3) is 10.9 Å². The van der Waals surface area contributed by atoms with E-state index in [1.54, 1.807) is 6.08 Å². The summed E-state index contributed by atoms with van der Waals surface area (Å²) in [6, 6.07) is 3.97. The van der Waals surface area contributed by atoms with Gasteiger partial charge in [-0.3, -0.25) is 0 Å². The molecule has 0 bridgehead atoms. The van der Waals surface area contributed by atoms with Crippen LogP contribution in [0.4, 0.5) is 0 Å². The SMILES string of the molecule is Cc1c[nH]c2c(Cl)cc(C3(N=C=O)CC3)cc12. The van der Waals surface area contributed by atoms with Crippen molar-refractivity contribution in [1.82, 2.24) is 4.98 Å². The van der Waals surface area contributed by atoms with E-state index in [4.69, 9.17) is 11.6 Å². The molecule has 1 aliphatic carbocycles. The van der Waals surface area contributed by atoms with Crippen LogP contribution < -0.4 is 0 Å². The largest absolute Gasteiger partial charge is 0.360 e. The predicted molar refractivity (Wildman–Crippen MR) is 67.1 cm³/mol. The number of rotatable bonds is 2. The number of hydrogen-bond acceptors (Lipinski definition) is 2. The first-order valence-electron chi connectivity index (χ1n) is 5.53. The second kappa shape index (κ2) is 3.46. The fourth-order valence-corrected chi connectivity index (χ4v) is 2.54. The van der Waals surface area contributed by atoms with Crippen LogP contribution >= 0.6 is 11.6 Å². The number of isocyanates is 1.